The maximum atomic E-state index is 12.7. The van der Waals surface area contributed by atoms with Gasteiger partial charge in [-0.15, -0.1) is 0 Å². The normalized spacial score (nSPS) is 12.5. The molecule has 2 rings (SSSR count). The van der Waals surface area contributed by atoms with Gasteiger partial charge in [-0.3, -0.25) is 4.79 Å². The van der Waals surface area contributed by atoms with Gasteiger partial charge in [-0.25, -0.2) is 17.5 Å². The Balaban J connectivity index is 2.04. The first-order valence-electron chi connectivity index (χ1n) is 9.42. The Morgan fingerprint density at radius 1 is 1.03 bits per heavy atom. The molecule has 30 heavy (non-hydrogen) atoms. The number of benzene rings is 2. The average molecular weight is 434 g/mol. The molecule has 2 N–H and O–H groups in total. The summed E-state index contributed by atoms with van der Waals surface area (Å²) >= 11 is 0. The van der Waals surface area contributed by atoms with Crippen molar-refractivity contribution in [2.45, 2.75) is 31.4 Å². The van der Waals surface area contributed by atoms with Crippen LogP contribution in [-0.2, 0) is 26.2 Å². The Hall–Kier alpha value is -2.91. The maximum absolute atomic E-state index is 12.7. The van der Waals surface area contributed by atoms with Crippen molar-refractivity contribution in [1.29, 1.82) is 0 Å². The number of anilines is 1. The molecule has 0 radical (unpaired) electrons. The predicted molar refractivity (Wildman–Crippen MR) is 114 cm³/mol. The molecule has 0 aliphatic carbocycles. The van der Waals surface area contributed by atoms with Crippen LogP contribution in [-0.4, -0.2) is 44.9 Å². The average Bonchev–Trinajstić information content (AvgIpc) is 2.71. The van der Waals surface area contributed by atoms with Crippen LogP contribution in [0.3, 0.4) is 0 Å². The van der Waals surface area contributed by atoms with Crippen molar-refractivity contribution in [2.75, 3.05) is 19.4 Å². The van der Waals surface area contributed by atoms with Gasteiger partial charge in [0.2, 0.25) is 15.9 Å². The molecule has 0 fully saturated rings. The number of carbonyl (C=O) groups excluding carboxylic acids is 2. The van der Waals surface area contributed by atoms with Crippen LogP contribution < -0.4 is 10.6 Å². The molecule has 0 saturated heterocycles. The summed E-state index contributed by atoms with van der Waals surface area (Å²) in [4.78, 5) is 24.9. The van der Waals surface area contributed by atoms with Crippen LogP contribution in [0.5, 0.6) is 0 Å². The first-order chi connectivity index (χ1) is 14.1. The van der Waals surface area contributed by atoms with Crippen molar-refractivity contribution >= 4 is 27.7 Å². The predicted octanol–water partition coefficient (Wildman–Crippen LogP) is 2.83. The SMILES string of the molecule is CC(C)[C@H](NC(=O)OCc1ccccc1)C(=O)Nc1cccc(S(=O)(=O)N(C)C)c1. The molecule has 0 unspecified atom stereocenters. The Morgan fingerprint density at radius 3 is 2.30 bits per heavy atom. The number of nitrogens with zero attached hydrogens (tertiary/aromatic N) is 1. The highest BCUT2D eigenvalue weighted by molar-refractivity contribution is 7.89. The van der Waals surface area contributed by atoms with Gasteiger partial charge >= 0.3 is 6.09 Å². The summed E-state index contributed by atoms with van der Waals surface area (Å²) in [6.45, 7) is 3.66. The van der Waals surface area contributed by atoms with Gasteiger partial charge in [-0.05, 0) is 29.7 Å². The highest BCUT2D eigenvalue weighted by Gasteiger charge is 2.25. The number of hydrogen-bond acceptors (Lipinski definition) is 5. The molecule has 0 bridgehead atoms. The van der Waals surface area contributed by atoms with E-state index in [2.05, 4.69) is 10.6 Å². The summed E-state index contributed by atoms with van der Waals surface area (Å²) in [6, 6.07) is 14.3. The fourth-order valence-corrected chi connectivity index (χ4v) is 3.54. The highest BCUT2D eigenvalue weighted by atomic mass is 32.2. The van der Waals surface area contributed by atoms with E-state index in [9.17, 15) is 18.0 Å². The minimum absolute atomic E-state index is 0.0571. The fraction of sp³-hybridized carbons (Fsp3) is 0.333. The van der Waals surface area contributed by atoms with Crippen LogP contribution in [0.25, 0.3) is 0 Å². The van der Waals surface area contributed by atoms with E-state index >= 15 is 0 Å². The lowest BCUT2D eigenvalue weighted by molar-refractivity contribution is -0.119. The second-order valence-corrected chi connectivity index (χ2v) is 9.38. The smallest absolute Gasteiger partial charge is 0.408 e. The van der Waals surface area contributed by atoms with Gasteiger partial charge in [0.25, 0.3) is 0 Å². The van der Waals surface area contributed by atoms with E-state index in [-0.39, 0.29) is 17.4 Å². The van der Waals surface area contributed by atoms with Gasteiger partial charge in [-0.1, -0.05) is 50.2 Å². The third-order valence-corrected chi connectivity index (χ3v) is 6.13. The van der Waals surface area contributed by atoms with Gasteiger partial charge in [0.15, 0.2) is 0 Å². The number of alkyl carbamates (subject to hydrolysis) is 1. The van der Waals surface area contributed by atoms with Crippen LogP contribution in [0.15, 0.2) is 59.5 Å². The lowest BCUT2D eigenvalue weighted by Gasteiger charge is -2.21. The molecule has 162 valence electrons. The number of sulfonamides is 1. The number of ether oxygens (including phenoxy) is 1. The Morgan fingerprint density at radius 2 is 1.70 bits per heavy atom. The summed E-state index contributed by atoms with van der Waals surface area (Å²) < 4.78 is 30.8. The standard InChI is InChI=1S/C21H27N3O5S/c1-15(2)19(23-21(26)29-14-16-9-6-5-7-10-16)20(25)22-17-11-8-12-18(13-17)30(27,28)24(3)4/h5-13,15,19H,14H2,1-4H3,(H,22,25)(H,23,26)/t19-/m0/s1. The summed E-state index contributed by atoms with van der Waals surface area (Å²) in [5.41, 5.74) is 1.14. The van der Waals surface area contributed by atoms with Crippen LogP contribution >= 0.6 is 0 Å². The van der Waals surface area contributed by atoms with Gasteiger partial charge in [0.1, 0.15) is 12.6 Å². The molecule has 0 saturated carbocycles. The lowest BCUT2D eigenvalue weighted by Crippen LogP contribution is -2.47. The van der Waals surface area contributed by atoms with Crippen LogP contribution in [0.4, 0.5) is 10.5 Å². The third-order valence-electron chi connectivity index (χ3n) is 4.32. The zero-order valence-corrected chi connectivity index (χ0v) is 18.3. The van der Waals surface area contributed by atoms with Gasteiger partial charge in [-0.2, -0.15) is 0 Å². The molecule has 0 heterocycles. The van der Waals surface area contributed by atoms with Crippen molar-refractivity contribution in [2.24, 2.45) is 5.92 Å². The van der Waals surface area contributed by atoms with E-state index in [4.69, 9.17) is 4.74 Å². The molecule has 2 aromatic rings. The molecular formula is C21H27N3O5S. The Kier molecular flexibility index (Phi) is 7.96. The van der Waals surface area contributed by atoms with E-state index in [0.717, 1.165) is 9.87 Å². The van der Waals surface area contributed by atoms with E-state index in [1.807, 2.05) is 30.3 Å². The topological polar surface area (TPSA) is 105 Å². The molecule has 0 aromatic heterocycles. The molecule has 0 aliphatic rings. The first-order valence-corrected chi connectivity index (χ1v) is 10.9. The van der Waals surface area contributed by atoms with Crippen molar-refractivity contribution in [3.8, 4) is 0 Å². The monoisotopic (exact) mass is 433 g/mol. The largest absolute Gasteiger partial charge is 0.445 e. The molecule has 9 heteroatoms. The van der Waals surface area contributed by atoms with Crippen LogP contribution in [0.2, 0.25) is 0 Å². The molecule has 1 atom stereocenters. The van der Waals surface area contributed by atoms with E-state index < -0.39 is 28.1 Å². The first kappa shape index (κ1) is 23.4. The second kappa shape index (κ2) is 10.2. The molecule has 0 spiro atoms. The molecular weight excluding hydrogens is 406 g/mol. The number of hydrogen-bond donors (Lipinski definition) is 2. The zero-order valence-electron chi connectivity index (χ0n) is 17.5. The summed E-state index contributed by atoms with van der Waals surface area (Å²) in [6.07, 6.45) is -0.711. The molecule has 2 amide bonds. The number of nitrogens with one attached hydrogen (secondary N) is 2. The van der Waals surface area contributed by atoms with Gasteiger partial charge in [0, 0.05) is 19.8 Å². The second-order valence-electron chi connectivity index (χ2n) is 7.23. The van der Waals surface area contributed by atoms with Crippen LogP contribution in [0, 0.1) is 5.92 Å². The van der Waals surface area contributed by atoms with E-state index in [1.165, 1.54) is 32.3 Å². The Labute approximate surface area is 177 Å². The van der Waals surface area contributed by atoms with Crippen molar-refractivity contribution in [3.63, 3.8) is 0 Å². The minimum Gasteiger partial charge on any atom is -0.445 e. The maximum Gasteiger partial charge on any atom is 0.408 e. The highest BCUT2D eigenvalue weighted by Crippen LogP contribution is 2.18. The van der Waals surface area contributed by atoms with Crippen molar-refractivity contribution < 1.29 is 22.7 Å². The third kappa shape index (κ3) is 6.30. The van der Waals surface area contributed by atoms with E-state index in [0.29, 0.717) is 5.69 Å². The number of amides is 2. The minimum atomic E-state index is -3.63. The quantitative estimate of drug-likeness (QED) is 0.666. The summed E-state index contributed by atoms with van der Waals surface area (Å²) in [5.74, 6) is -0.691. The lowest BCUT2D eigenvalue weighted by atomic mass is 10.0. The Bertz CT molecular complexity index is 975. The van der Waals surface area contributed by atoms with Crippen molar-refractivity contribution in [3.05, 3.63) is 60.2 Å². The zero-order chi connectivity index (χ0) is 22.3. The fourth-order valence-electron chi connectivity index (χ4n) is 2.59. The molecule has 8 nitrogen and oxygen atoms in total. The van der Waals surface area contributed by atoms with Gasteiger partial charge < -0.3 is 15.4 Å². The number of rotatable bonds is 8. The van der Waals surface area contributed by atoms with Crippen LogP contribution in [0.1, 0.15) is 19.4 Å². The summed E-state index contributed by atoms with van der Waals surface area (Å²) in [7, 11) is -0.770. The molecule has 2 aromatic carbocycles. The van der Waals surface area contributed by atoms with Gasteiger partial charge in [0.05, 0.1) is 4.90 Å². The molecule has 0 aliphatic heterocycles. The summed E-state index contributed by atoms with van der Waals surface area (Å²) in [5, 5.41) is 5.23. The number of carbonyl (C=O) groups is 2. The van der Waals surface area contributed by atoms with Crippen molar-refractivity contribution in [1.82, 2.24) is 9.62 Å². The van der Waals surface area contributed by atoms with E-state index in [1.54, 1.807) is 19.9 Å².